The third-order valence-corrected chi connectivity index (χ3v) is 5.02. The fourth-order valence-electron chi connectivity index (χ4n) is 3.64. The van der Waals surface area contributed by atoms with Gasteiger partial charge >= 0.3 is 0 Å². The van der Waals surface area contributed by atoms with Crippen molar-refractivity contribution >= 4 is 18.3 Å². The first kappa shape index (κ1) is 18.2. The zero-order valence-corrected chi connectivity index (χ0v) is 14.7. The van der Waals surface area contributed by atoms with E-state index in [1.807, 2.05) is 15.8 Å². The second kappa shape index (κ2) is 8.64. The molecule has 1 aromatic heterocycles. The fraction of sp³-hybridized carbons (Fsp3) is 0.812. The lowest BCUT2D eigenvalue weighted by Crippen LogP contribution is -2.39. The second-order valence-electron chi connectivity index (χ2n) is 6.47. The van der Waals surface area contributed by atoms with Crippen LogP contribution in [0.15, 0.2) is 6.20 Å². The van der Waals surface area contributed by atoms with Crippen LogP contribution in [0.1, 0.15) is 68.4 Å². The van der Waals surface area contributed by atoms with Crippen LogP contribution in [-0.4, -0.2) is 51.5 Å². The van der Waals surface area contributed by atoms with Crippen molar-refractivity contribution in [1.29, 1.82) is 0 Å². The zero-order valence-electron chi connectivity index (χ0n) is 13.9. The number of halogens is 1. The van der Waals surface area contributed by atoms with Gasteiger partial charge in [-0.3, -0.25) is 4.79 Å². The van der Waals surface area contributed by atoms with Crippen LogP contribution in [0, 0.1) is 0 Å². The highest BCUT2D eigenvalue weighted by Crippen LogP contribution is 2.22. The molecule has 0 bridgehead atoms. The molecule has 0 spiro atoms. The van der Waals surface area contributed by atoms with E-state index in [1.54, 1.807) is 0 Å². The first-order valence-electron chi connectivity index (χ1n) is 8.73. The summed E-state index contributed by atoms with van der Waals surface area (Å²) in [6.07, 6.45) is 9.65. The van der Waals surface area contributed by atoms with Crippen molar-refractivity contribution in [2.75, 3.05) is 19.6 Å². The smallest absolute Gasteiger partial charge is 0.276 e. The Balaban J connectivity index is 0.00000192. The summed E-state index contributed by atoms with van der Waals surface area (Å²) in [5.74, 6) is 0.0638. The van der Waals surface area contributed by atoms with Gasteiger partial charge in [0.2, 0.25) is 0 Å². The summed E-state index contributed by atoms with van der Waals surface area (Å²) in [4.78, 5) is 14.8. The monoisotopic (exact) mass is 341 g/mol. The lowest BCUT2D eigenvalue weighted by Gasteiger charge is -2.28. The summed E-state index contributed by atoms with van der Waals surface area (Å²) in [5.41, 5.74) is 0.513. The number of likely N-dealkylation sites (tertiary alicyclic amines) is 1. The molecule has 130 valence electrons. The molecule has 1 unspecified atom stereocenters. The highest BCUT2D eigenvalue weighted by atomic mass is 35.5. The summed E-state index contributed by atoms with van der Waals surface area (Å²) in [6, 6.07) is 0.737. The van der Waals surface area contributed by atoms with Crippen LogP contribution < -0.4 is 5.32 Å². The minimum atomic E-state index is 0. The maximum Gasteiger partial charge on any atom is 0.276 e. The molecule has 3 rings (SSSR count). The summed E-state index contributed by atoms with van der Waals surface area (Å²) >= 11 is 0. The number of rotatable bonds is 3. The fourth-order valence-corrected chi connectivity index (χ4v) is 3.64. The van der Waals surface area contributed by atoms with Crippen molar-refractivity contribution in [1.82, 2.24) is 25.2 Å². The molecule has 23 heavy (non-hydrogen) atoms. The largest absolute Gasteiger partial charge is 0.334 e. The molecule has 2 saturated heterocycles. The van der Waals surface area contributed by atoms with Gasteiger partial charge in [-0.25, -0.2) is 4.68 Å². The van der Waals surface area contributed by atoms with Gasteiger partial charge in [0.1, 0.15) is 0 Å². The Morgan fingerprint density at radius 2 is 2.04 bits per heavy atom. The first-order valence-corrected chi connectivity index (χ1v) is 8.73. The van der Waals surface area contributed by atoms with Crippen molar-refractivity contribution in [2.24, 2.45) is 0 Å². The lowest BCUT2D eigenvalue weighted by atomic mass is 10.1. The molecule has 3 heterocycles. The third kappa shape index (κ3) is 4.23. The van der Waals surface area contributed by atoms with Crippen molar-refractivity contribution in [2.45, 2.75) is 64.0 Å². The summed E-state index contributed by atoms with van der Waals surface area (Å²) in [5, 5.41) is 11.7. The molecule has 0 aromatic carbocycles. The molecule has 2 aliphatic rings. The second-order valence-corrected chi connectivity index (χ2v) is 6.47. The Morgan fingerprint density at radius 1 is 1.26 bits per heavy atom. The minimum absolute atomic E-state index is 0. The molecular weight excluding hydrogens is 314 g/mol. The average molecular weight is 342 g/mol. The van der Waals surface area contributed by atoms with Gasteiger partial charge in [0.05, 0.1) is 12.2 Å². The van der Waals surface area contributed by atoms with Crippen LogP contribution in [-0.2, 0) is 0 Å². The van der Waals surface area contributed by atoms with Crippen LogP contribution in [0.25, 0.3) is 0 Å². The van der Waals surface area contributed by atoms with E-state index in [9.17, 15) is 4.79 Å². The summed E-state index contributed by atoms with van der Waals surface area (Å²) in [7, 11) is 0. The van der Waals surface area contributed by atoms with Gasteiger partial charge in [0, 0.05) is 12.6 Å². The van der Waals surface area contributed by atoms with E-state index in [1.165, 1.54) is 12.8 Å². The highest BCUT2D eigenvalue weighted by molar-refractivity contribution is 5.92. The molecule has 2 fully saturated rings. The molecule has 0 aliphatic carbocycles. The van der Waals surface area contributed by atoms with Crippen LogP contribution in [0.3, 0.4) is 0 Å². The number of nitrogens with zero attached hydrogens (tertiary/aromatic N) is 4. The topological polar surface area (TPSA) is 63.1 Å². The zero-order chi connectivity index (χ0) is 15.4. The van der Waals surface area contributed by atoms with Crippen LogP contribution in [0.4, 0.5) is 0 Å². The third-order valence-electron chi connectivity index (χ3n) is 5.02. The lowest BCUT2D eigenvalue weighted by molar-refractivity contribution is 0.0672. The van der Waals surface area contributed by atoms with Gasteiger partial charge in [-0.15, -0.1) is 17.5 Å². The Hall–Kier alpha value is -1.14. The standard InChI is InChI=1S/C16H27N5O.ClH/c1-2-13-6-4-3-5-11-20(13)16(22)15-12-21(19-18-15)14-7-9-17-10-8-14;/h12-14,17H,2-11H2,1H3;1H. The van der Waals surface area contributed by atoms with Crippen LogP contribution in [0.5, 0.6) is 0 Å². The van der Waals surface area contributed by atoms with Gasteiger partial charge in [-0.2, -0.15) is 0 Å². The predicted octanol–water partition coefficient (Wildman–Crippen LogP) is 2.42. The SMILES string of the molecule is CCC1CCCCCN1C(=O)c1cn(C2CCNCC2)nn1.Cl. The van der Waals surface area contributed by atoms with E-state index in [0.29, 0.717) is 17.8 Å². The van der Waals surface area contributed by atoms with E-state index >= 15 is 0 Å². The van der Waals surface area contributed by atoms with Gasteiger partial charge in [0.25, 0.3) is 5.91 Å². The predicted molar refractivity (Wildman–Crippen MR) is 92.0 cm³/mol. The molecule has 2 aliphatic heterocycles. The van der Waals surface area contributed by atoms with Crippen LogP contribution in [0.2, 0.25) is 0 Å². The van der Waals surface area contributed by atoms with E-state index in [2.05, 4.69) is 22.6 Å². The van der Waals surface area contributed by atoms with Crippen molar-refractivity contribution in [3.63, 3.8) is 0 Å². The van der Waals surface area contributed by atoms with Gasteiger partial charge < -0.3 is 10.2 Å². The van der Waals surface area contributed by atoms with Gasteiger partial charge in [-0.05, 0) is 45.2 Å². The van der Waals surface area contributed by atoms with Crippen molar-refractivity contribution < 1.29 is 4.79 Å². The Morgan fingerprint density at radius 3 is 2.78 bits per heavy atom. The Kier molecular flexibility index (Phi) is 6.84. The van der Waals surface area contributed by atoms with Crippen molar-refractivity contribution in [3.8, 4) is 0 Å². The molecule has 1 atom stereocenters. The normalized spacial score (nSPS) is 23.2. The first-order chi connectivity index (χ1) is 10.8. The van der Waals surface area contributed by atoms with E-state index in [-0.39, 0.29) is 18.3 Å². The maximum absolute atomic E-state index is 12.8. The number of piperidine rings is 1. The van der Waals surface area contributed by atoms with Crippen LogP contribution >= 0.6 is 12.4 Å². The number of carbonyl (C=O) groups is 1. The van der Waals surface area contributed by atoms with E-state index in [0.717, 1.165) is 51.7 Å². The van der Waals surface area contributed by atoms with Crippen molar-refractivity contribution in [3.05, 3.63) is 11.9 Å². The number of hydrogen-bond acceptors (Lipinski definition) is 4. The number of nitrogens with one attached hydrogen (secondary N) is 1. The number of carbonyl (C=O) groups excluding carboxylic acids is 1. The Labute approximate surface area is 144 Å². The quantitative estimate of drug-likeness (QED) is 0.917. The molecule has 6 nitrogen and oxygen atoms in total. The number of amides is 1. The molecule has 0 saturated carbocycles. The molecule has 1 aromatic rings. The van der Waals surface area contributed by atoms with E-state index < -0.39 is 0 Å². The summed E-state index contributed by atoms with van der Waals surface area (Å²) in [6.45, 7) is 5.05. The molecule has 0 radical (unpaired) electrons. The van der Waals surface area contributed by atoms with Gasteiger partial charge in [-0.1, -0.05) is 25.0 Å². The molecule has 7 heteroatoms. The maximum atomic E-state index is 12.8. The molecule has 1 amide bonds. The summed E-state index contributed by atoms with van der Waals surface area (Å²) < 4.78 is 1.90. The molecular formula is C16H28ClN5O. The molecule has 1 N–H and O–H groups in total. The highest BCUT2D eigenvalue weighted by Gasteiger charge is 2.27. The number of hydrogen-bond donors (Lipinski definition) is 1. The number of aromatic nitrogens is 3. The van der Waals surface area contributed by atoms with E-state index in [4.69, 9.17) is 0 Å². The average Bonchev–Trinajstić information content (AvgIpc) is 2.94. The van der Waals surface area contributed by atoms with Gasteiger partial charge in [0.15, 0.2) is 5.69 Å². The minimum Gasteiger partial charge on any atom is -0.334 e. The Bertz CT molecular complexity index is 500.